The molecule has 1 saturated heterocycles. The molecule has 0 aromatic heterocycles. The van der Waals surface area contributed by atoms with Crippen LogP contribution in [0.3, 0.4) is 0 Å². The van der Waals surface area contributed by atoms with Crippen LogP contribution in [0.1, 0.15) is 18.4 Å². The average molecular weight is 235 g/mol. The number of aromatic hydroxyl groups is 1. The molecule has 0 saturated carbocycles. The van der Waals surface area contributed by atoms with Gasteiger partial charge in [-0.25, -0.2) is 0 Å². The first-order valence-corrected chi connectivity index (χ1v) is 5.89. The molecule has 0 radical (unpaired) electrons. The van der Waals surface area contributed by atoms with Crippen LogP contribution >= 0.6 is 0 Å². The van der Waals surface area contributed by atoms with E-state index in [1.807, 2.05) is 6.07 Å². The molecule has 1 fully saturated rings. The summed E-state index contributed by atoms with van der Waals surface area (Å²) in [7, 11) is 0. The lowest BCUT2D eigenvalue weighted by Crippen LogP contribution is -2.33. The molecule has 0 spiro atoms. The van der Waals surface area contributed by atoms with Crippen molar-refractivity contribution in [3.05, 3.63) is 29.8 Å². The lowest BCUT2D eigenvalue weighted by Gasteiger charge is -2.21. The molecule has 17 heavy (non-hydrogen) atoms. The van der Waals surface area contributed by atoms with Crippen LogP contribution in [-0.2, 0) is 16.1 Å². The van der Waals surface area contributed by atoms with Crippen molar-refractivity contribution < 1.29 is 14.6 Å². The van der Waals surface area contributed by atoms with Crippen LogP contribution in [0.15, 0.2) is 24.3 Å². The summed E-state index contributed by atoms with van der Waals surface area (Å²) in [5.41, 5.74) is 0.908. The molecular weight excluding hydrogens is 218 g/mol. The predicted molar refractivity (Wildman–Crippen MR) is 63.5 cm³/mol. The van der Waals surface area contributed by atoms with Gasteiger partial charge in [-0.05, 0) is 30.5 Å². The molecule has 2 N–H and O–H groups in total. The molecule has 1 heterocycles. The van der Waals surface area contributed by atoms with Crippen molar-refractivity contribution in [1.29, 1.82) is 0 Å². The predicted octanol–water partition coefficient (Wildman–Crippen LogP) is 1.43. The highest BCUT2D eigenvalue weighted by molar-refractivity contribution is 5.78. The van der Waals surface area contributed by atoms with Crippen LogP contribution in [-0.4, -0.2) is 24.2 Å². The minimum absolute atomic E-state index is 0.0704. The third-order valence-electron chi connectivity index (χ3n) is 2.97. The zero-order valence-electron chi connectivity index (χ0n) is 9.69. The van der Waals surface area contributed by atoms with Gasteiger partial charge in [0.25, 0.3) is 0 Å². The highest BCUT2D eigenvalue weighted by Crippen LogP contribution is 2.15. The van der Waals surface area contributed by atoms with Gasteiger partial charge in [-0.1, -0.05) is 12.1 Å². The fraction of sp³-hybridized carbons (Fsp3) is 0.462. The maximum Gasteiger partial charge on any atom is 0.223 e. The van der Waals surface area contributed by atoms with Crippen LogP contribution < -0.4 is 5.32 Å². The summed E-state index contributed by atoms with van der Waals surface area (Å²) in [5.74, 6) is 0.375. The summed E-state index contributed by atoms with van der Waals surface area (Å²) in [6.45, 7) is 1.80. The largest absolute Gasteiger partial charge is 0.508 e. The number of rotatable bonds is 3. The second kappa shape index (κ2) is 5.68. The van der Waals surface area contributed by atoms with Crippen LogP contribution in [0.4, 0.5) is 0 Å². The zero-order valence-corrected chi connectivity index (χ0v) is 9.69. The van der Waals surface area contributed by atoms with Crippen molar-refractivity contribution in [3.63, 3.8) is 0 Å². The number of phenols is 1. The summed E-state index contributed by atoms with van der Waals surface area (Å²) in [5, 5.41) is 12.2. The standard InChI is InChI=1S/C13H17NO3/c15-12-3-1-2-10(8-12)9-14-13(16)11-4-6-17-7-5-11/h1-3,8,11,15H,4-7,9H2,(H,14,16). The Bertz CT molecular complexity index is 386. The van der Waals surface area contributed by atoms with Crippen LogP contribution in [0, 0.1) is 5.92 Å². The Balaban J connectivity index is 1.83. The van der Waals surface area contributed by atoms with E-state index in [9.17, 15) is 9.90 Å². The number of nitrogens with one attached hydrogen (secondary N) is 1. The third-order valence-corrected chi connectivity index (χ3v) is 2.97. The molecular formula is C13H17NO3. The zero-order chi connectivity index (χ0) is 12.1. The first kappa shape index (κ1) is 11.9. The monoisotopic (exact) mass is 235 g/mol. The highest BCUT2D eigenvalue weighted by Gasteiger charge is 2.20. The van der Waals surface area contributed by atoms with Crippen molar-refractivity contribution in [2.75, 3.05) is 13.2 Å². The van der Waals surface area contributed by atoms with E-state index >= 15 is 0 Å². The normalized spacial score (nSPS) is 16.7. The molecule has 4 heteroatoms. The van der Waals surface area contributed by atoms with Gasteiger partial charge in [-0.3, -0.25) is 4.79 Å². The number of benzene rings is 1. The quantitative estimate of drug-likeness (QED) is 0.833. The minimum Gasteiger partial charge on any atom is -0.508 e. The second-order valence-corrected chi connectivity index (χ2v) is 4.27. The van der Waals surface area contributed by atoms with Gasteiger partial charge >= 0.3 is 0 Å². The minimum atomic E-state index is 0.0704. The average Bonchev–Trinajstić information content (AvgIpc) is 2.37. The van der Waals surface area contributed by atoms with E-state index in [4.69, 9.17) is 4.74 Å². The van der Waals surface area contributed by atoms with Gasteiger partial charge in [0.05, 0.1) is 0 Å². The smallest absolute Gasteiger partial charge is 0.223 e. The summed E-state index contributed by atoms with van der Waals surface area (Å²) >= 11 is 0. The fourth-order valence-electron chi connectivity index (χ4n) is 1.96. The molecule has 1 aliphatic heterocycles. The molecule has 4 nitrogen and oxygen atoms in total. The van der Waals surface area contributed by atoms with Crippen molar-refractivity contribution in [3.8, 4) is 5.75 Å². The molecule has 0 atom stereocenters. The number of amides is 1. The van der Waals surface area contributed by atoms with Gasteiger partial charge in [-0.2, -0.15) is 0 Å². The van der Waals surface area contributed by atoms with Gasteiger partial charge in [0.15, 0.2) is 0 Å². The van der Waals surface area contributed by atoms with Gasteiger partial charge in [0, 0.05) is 25.7 Å². The number of ether oxygens (including phenoxy) is 1. The SMILES string of the molecule is O=C(NCc1cccc(O)c1)C1CCOCC1. The molecule has 1 amide bonds. The van der Waals surface area contributed by atoms with E-state index < -0.39 is 0 Å². The van der Waals surface area contributed by atoms with Crippen molar-refractivity contribution in [2.45, 2.75) is 19.4 Å². The first-order valence-electron chi connectivity index (χ1n) is 5.89. The molecule has 92 valence electrons. The van der Waals surface area contributed by atoms with E-state index in [1.165, 1.54) is 0 Å². The van der Waals surface area contributed by atoms with Crippen LogP contribution in [0.2, 0.25) is 0 Å². The summed E-state index contributed by atoms with van der Waals surface area (Å²) in [6, 6.07) is 6.92. The fourth-order valence-corrected chi connectivity index (χ4v) is 1.96. The number of hydrogen-bond donors (Lipinski definition) is 2. The van der Waals surface area contributed by atoms with E-state index in [0.29, 0.717) is 19.8 Å². The Morgan fingerprint density at radius 1 is 1.41 bits per heavy atom. The van der Waals surface area contributed by atoms with E-state index in [-0.39, 0.29) is 17.6 Å². The summed E-state index contributed by atoms with van der Waals surface area (Å²) in [4.78, 5) is 11.8. The Kier molecular flexibility index (Phi) is 3.98. The number of phenolic OH excluding ortho intramolecular Hbond substituents is 1. The Labute approximate surface area is 101 Å². The molecule has 0 bridgehead atoms. The lowest BCUT2D eigenvalue weighted by atomic mass is 9.99. The topological polar surface area (TPSA) is 58.6 Å². The molecule has 1 aromatic rings. The van der Waals surface area contributed by atoms with Crippen LogP contribution in [0.5, 0.6) is 5.75 Å². The molecule has 2 rings (SSSR count). The number of hydrogen-bond acceptors (Lipinski definition) is 3. The van der Waals surface area contributed by atoms with Crippen molar-refractivity contribution >= 4 is 5.91 Å². The van der Waals surface area contributed by atoms with Gasteiger partial charge in [0.1, 0.15) is 5.75 Å². The maximum atomic E-state index is 11.8. The summed E-state index contributed by atoms with van der Waals surface area (Å²) in [6.07, 6.45) is 1.59. The lowest BCUT2D eigenvalue weighted by molar-refractivity contribution is -0.128. The molecule has 0 aliphatic carbocycles. The van der Waals surface area contributed by atoms with Gasteiger partial charge < -0.3 is 15.2 Å². The van der Waals surface area contributed by atoms with Gasteiger partial charge in [0.2, 0.25) is 5.91 Å². The van der Waals surface area contributed by atoms with E-state index in [0.717, 1.165) is 18.4 Å². The Morgan fingerprint density at radius 3 is 2.88 bits per heavy atom. The van der Waals surface area contributed by atoms with Crippen molar-refractivity contribution in [1.82, 2.24) is 5.32 Å². The summed E-state index contributed by atoms with van der Waals surface area (Å²) < 4.78 is 5.22. The van der Waals surface area contributed by atoms with E-state index in [2.05, 4.69) is 5.32 Å². The van der Waals surface area contributed by atoms with Crippen LogP contribution in [0.25, 0.3) is 0 Å². The highest BCUT2D eigenvalue weighted by atomic mass is 16.5. The second-order valence-electron chi connectivity index (χ2n) is 4.27. The Hall–Kier alpha value is -1.55. The molecule has 1 aromatic carbocycles. The Morgan fingerprint density at radius 2 is 2.18 bits per heavy atom. The van der Waals surface area contributed by atoms with E-state index in [1.54, 1.807) is 18.2 Å². The number of carbonyl (C=O) groups is 1. The third kappa shape index (κ3) is 3.46. The number of carbonyl (C=O) groups excluding carboxylic acids is 1. The molecule has 1 aliphatic rings. The van der Waals surface area contributed by atoms with Gasteiger partial charge in [-0.15, -0.1) is 0 Å². The maximum absolute atomic E-state index is 11.8. The first-order chi connectivity index (χ1) is 8.25. The van der Waals surface area contributed by atoms with Crippen molar-refractivity contribution in [2.24, 2.45) is 5.92 Å². The molecule has 0 unspecified atom stereocenters.